The monoisotopic (exact) mass is 420 g/mol. The van der Waals surface area contributed by atoms with Crippen LogP contribution in [0.4, 0.5) is 5.82 Å². The van der Waals surface area contributed by atoms with Gasteiger partial charge in [-0.2, -0.15) is 4.31 Å². The van der Waals surface area contributed by atoms with E-state index in [1.165, 1.54) is 4.31 Å². The van der Waals surface area contributed by atoms with E-state index in [2.05, 4.69) is 14.9 Å². The van der Waals surface area contributed by atoms with E-state index in [9.17, 15) is 8.42 Å². The van der Waals surface area contributed by atoms with Crippen LogP contribution in [0.1, 0.15) is 6.42 Å². The van der Waals surface area contributed by atoms with E-state index in [-0.39, 0.29) is 17.5 Å². The first-order chi connectivity index (χ1) is 14.1. The fourth-order valence-corrected chi connectivity index (χ4v) is 4.95. The number of nitrogens with zero attached hydrogens (tertiary/aromatic N) is 4. The minimum atomic E-state index is -3.58. The topological polar surface area (TPSA) is 94.1 Å². The number of morpholine rings is 1. The SMILES string of the molecule is COc1ccc(S(=O)(=O)N2CCC(Oc3nccnc3N3CCOCC3)C2)cc1. The Morgan fingerprint density at radius 1 is 1.07 bits per heavy atom. The highest BCUT2D eigenvalue weighted by Gasteiger charge is 2.34. The van der Waals surface area contributed by atoms with Crippen LogP contribution in [0.5, 0.6) is 11.6 Å². The molecule has 3 heterocycles. The van der Waals surface area contributed by atoms with E-state index in [1.54, 1.807) is 43.8 Å². The Kier molecular flexibility index (Phi) is 5.84. The lowest BCUT2D eigenvalue weighted by Gasteiger charge is -2.29. The van der Waals surface area contributed by atoms with Crippen molar-refractivity contribution in [1.29, 1.82) is 0 Å². The van der Waals surface area contributed by atoms with E-state index < -0.39 is 10.0 Å². The molecule has 9 nitrogen and oxygen atoms in total. The number of sulfonamides is 1. The van der Waals surface area contributed by atoms with Crippen LogP contribution in [0.2, 0.25) is 0 Å². The molecule has 156 valence electrons. The molecule has 1 aromatic carbocycles. The molecule has 0 spiro atoms. The molecule has 0 aliphatic carbocycles. The predicted molar refractivity (Wildman–Crippen MR) is 106 cm³/mol. The molecule has 0 bridgehead atoms. The molecule has 4 rings (SSSR count). The van der Waals surface area contributed by atoms with E-state index in [4.69, 9.17) is 14.2 Å². The maximum atomic E-state index is 12.9. The van der Waals surface area contributed by atoms with Crippen molar-refractivity contribution in [2.45, 2.75) is 17.4 Å². The Morgan fingerprint density at radius 3 is 2.52 bits per heavy atom. The fourth-order valence-electron chi connectivity index (χ4n) is 3.46. The second kappa shape index (κ2) is 8.52. The molecule has 2 aliphatic rings. The van der Waals surface area contributed by atoms with Crippen LogP contribution in [0, 0.1) is 0 Å². The van der Waals surface area contributed by atoms with E-state index in [0.717, 1.165) is 13.1 Å². The molecule has 2 fully saturated rings. The Morgan fingerprint density at radius 2 is 1.79 bits per heavy atom. The molecule has 1 atom stereocenters. The lowest BCUT2D eigenvalue weighted by Crippen LogP contribution is -2.37. The summed E-state index contributed by atoms with van der Waals surface area (Å²) in [6, 6.07) is 6.40. The van der Waals surface area contributed by atoms with Gasteiger partial charge in [-0.25, -0.2) is 18.4 Å². The van der Waals surface area contributed by atoms with E-state index in [1.807, 2.05) is 0 Å². The minimum absolute atomic E-state index is 0.243. The van der Waals surface area contributed by atoms with Gasteiger partial charge in [0.2, 0.25) is 10.0 Å². The van der Waals surface area contributed by atoms with Crippen LogP contribution in [0.3, 0.4) is 0 Å². The third kappa shape index (κ3) is 4.29. The molecule has 0 N–H and O–H groups in total. The highest BCUT2D eigenvalue weighted by Crippen LogP contribution is 2.28. The fraction of sp³-hybridized carbons (Fsp3) is 0.474. The molecule has 29 heavy (non-hydrogen) atoms. The zero-order valence-electron chi connectivity index (χ0n) is 16.2. The Hall–Kier alpha value is -2.43. The lowest BCUT2D eigenvalue weighted by atomic mass is 10.3. The Balaban J connectivity index is 1.45. The largest absolute Gasteiger partial charge is 0.497 e. The van der Waals surface area contributed by atoms with Crippen LogP contribution in [-0.4, -0.2) is 75.3 Å². The van der Waals surface area contributed by atoms with Gasteiger partial charge in [0.05, 0.1) is 31.8 Å². The number of hydrogen-bond donors (Lipinski definition) is 0. The highest BCUT2D eigenvalue weighted by molar-refractivity contribution is 7.89. The van der Waals surface area contributed by atoms with Gasteiger partial charge in [0, 0.05) is 32.0 Å². The average molecular weight is 420 g/mol. The Bertz CT molecular complexity index is 932. The average Bonchev–Trinajstić information content (AvgIpc) is 3.24. The molecule has 1 aromatic heterocycles. The quantitative estimate of drug-likeness (QED) is 0.687. The van der Waals surface area contributed by atoms with Gasteiger partial charge < -0.3 is 19.1 Å². The minimum Gasteiger partial charge on any atom is -0.497 e. The van der Waals surface area contributed by atoms with Crippen molar-refractivity contribution < 1.29 is 22.6 Å². The summed E-state index contributed by atoms with van der Waals surface area (Å²) >= 11 is 0. The number of rotatable bonds is 6. The van der Waals surface area contributed by atoms with Crippen LogP contribution < -0.4 is 14.4 Å². The molecule has 0 amide bonds. The zero-order chi connectivity index (χ0) is 20.3. The summed E-state index contributed by atoms with van der Waals surface area (Å²) in [7, 11) is -2.04. The number of benzene rings is 1. The maximum Gasteiger partial charge on any atom is 0.257 e. The zero-order valence-corrected chi connectivity index (χ0v) is 17.0. The normalized spacial score (nSPS) is 20.6. The number of ether oxygens (including phenoxy) is 3. The molecule has 1 unspecified atom stereocenters. The summed E-state index contributed by atoms with van der Waals surface area (Å²) in [5.74, 6) is 1.72. The number of aromatic nitrogens is 2. The molecule has 0 radical (unpaired) electrons. The first-order valence-electron chi connectivity index (χ1n) is 9.52. The van der Waals surface area contributed by atoms with Gasteiger partial charge in [-0.05, 0) is 30.7 Å². The molecular weight excluding hydrogens is 396 g/mol. The summed E-state index contributed by atoms with van der Waals surface area (Å²) in [4.78, 5) is 11.1. The van der Waals surface area contributed by atoms with Gasteiger partial charge in [-0.1, -0.05) is 0 Å². The number of hydrogen-bond acceptors (Lipinski definition) is 8. The molecule has 2 aromatic rings. The summed E-state index contributed by atoms with van der Waals surface area (Å²) in [6.45, 7) is 3.37. The lowest BCUT2D eigenvalue weighted by molar-refractivity contribution is 0.121. The van der Waals surface area contributed by atoms with Crippen LogP contribution in [-0.2, 0) is 14.8 Å². The summed E-state index contributed by atoms with van der Waals surface area (Å²) in [6.07, 6.45) is 3.53. The third-order valence-corrected chi connectivity index (χ3v) is 6.92. The first-order valence-corrected chi connectivity index (χ1v) is 11.0. The Labute approximate surface area is 170 Å². The molecule has 0 saturated carbocycles. The van der Waals surface area contributed by atoms with Crippen molar-refractivity contribution in [2.75, 3.05) is 51.4 Å². The van der Waals surface area contributed by atoms with Gasteiger partial charge in [-0.3, -0.25) is 0 Å². The number of anilines is 1. The molecular formula is C19H24N4O5S. The van der Waals surface area contributed by atoms with Gasteiger partial charge in [-0.15, -0.1) is 0 Å². The van der Waals surface area contributed by atoms with Crippen LogP contribution in [0.25, 0.3) is 0 Å². The smallest absolute Gasteiger partial charge is 0.257 e. The van der Waals surface area contributed by atoms with Crippen molar-refractivity contribution in [1.82, 2.24) is 14.3 Å². The van der Waals surface area contributed by atoms with Gasteiger partial charge in [0.1, 0.15) is 11.9 Å². The van der Waals surface area contributed by atoms with Gasteiger partial charge in [0.15, 0.2) is 5.82 Å². The standard InChI is InChI=1S/C19H24N4O5S/c1-26-15-2-4-17(5-3-15)29(24,25)23-9-6-16(14-23)28-19-18(20-7-8-21-19)22-10-12-27-13-11-22/h2-5,7-8,16H,6,9-14H2,1H3. The maximum absolute atomic E-state index is 12.9. The van der Waals surface area contributed by atoms with Gasteiger partial charge >= 0.3 is 0 Å². The van der Waals surface area contributed by atoms with E-state index in [0.29, 0.717) is 43.6 Å². The summed E-state index contributed by atoms with van der Waals surface area (Å²) in [5.41, 5.74) is 0. The third-order valence-electron chi connectivity index (χ3n) is 5.04. The first kappa shape index (κ1) is 19.9. The van der Waals surface area contributed by atoms with Gasteiger partial charge in [0.25, 0.3) is 5.88 Å². The van der Waals surface area contributed by atoms with Crippen LogP contribution >= 0.6 is 0 Å². The van der Waals surface area contributed by atoms with Crippen molar-refractivity contribution in [3.8, 4) is 11.6 Å². The number of methoxy groups -OCH3 is 1. The van der Waals surface area contributed by atoms with Crippen molar-refractivity contribution in [3.05, 3.63) is 36.7 Å². The van der Waals surface area contributed by atoms with Crippen molar-refractivity contribution in [2.24, 2.45) is 0 Å². The molecule has 2 saturated heterocycles. The van der Waals surface area contributed by atoms with Crippen LogP contribution in [0.15, 0.2) is 41.6 Å². The molecule has 10 heteroatoms. The highest BCUT2D eigenvalue weighted by atomic mass is 32.2. The summed E-state index contributed by atoms with van der Waals surface area (Å²) in [5, 5.41) is 0. The second-order valence-corrected chi connectivity index (χ2v) is 8.79. The summed E-state index contributed by atoms with van der Waals surface area (Å²) < 4.78 is 43.9. The van der Waals surface area contributed by atoms with Crippen molar-refractivity contribution in [3.63, 3.8) is 0 Å². The predicted octanol–water partition coefficient (Wildman–Crippen LogP) is 1.16. The van der Waals surface area contributed by atoms with Crippen molar-refractivity contribution >= 4 is 15.8 Å². The second-order valence-electron chi connectivity index (χ2n) is 6.85. The van der Waals surface area contributed by atoms with E-state index >= 15 is 0 Å². The molecule has 2 aliphatic heterocycles.